The number of carbonyl (C=O) groups is 1. The zero-order chi connectivity index (χ0) is 12.3. The zero-order valence-electron chi connectivity index (χ0n) is 11.2. The second-order valence-corrected chi connectivity index (χ2v) is 5.56. The van der Waals surface area contributed by atoms with Gasteiger partial charge in [-0.2, -0.15) is 0 Å². The summed E-state index contributed by atoms with van der Waals surface area (Å²) in [7, 11) is 0. The fourth-order valence-corrected chi connectivity index (χ4v) is 2.41. The summed E-state index contributed by atoms with van der Waals surface area (Å²) >= 11 is 0. The molecule has 90 valence electrons. The van der Waals surface area contributed by atoms with Crippen LogP contribution in [0.3, 0.4) is 0 Å². The van der Waals surface area contributed by atoms with Crippen LogP contribution in [0, 0.1) is 17.3 Å². The topological polar surface area (TPSA) is 17.1 Å². The van der Waals surface area contributed by atoms with E-state index in [9.17, 15) is 4.79 Å². The van der Waals surface area contributed by atoms with Crippen LogP contribution in [-0.2, 0) is 4.79 Å². The number of carbonyl (C=O) groups excluding carboxylic acids is 1. The largest absolute Gasteiger partial charge is 0.295 e. The van der Waals surface area contributed by atoms with Gasteiger partial charge in [0.1, 0.15) is 0 Å². The Labute approximate surface area is 99.6 Å². The molecule has 2 atom stereocenters. The molecule has 16 heavy (non-hydrogen) atoms. The van der Waals surface area contributed by atoms with Crippen LogP contribution < -0.4 is 0 Å². The van der Waals surface area contributed by atoms with Gasteiger partial charge in [0.25, 0.3) is 0 Å². The molecule has 1 nitrogen and oxygen atoms in total. The summed E-state index contributed by atoms with van der Waals surface area (Å²) in [6.45, 7) is 11.0. The number of hydrogen-bond acceptors (Lipinski definition) is 1. The quantitative estimate of drug-likeness (QED) is 0.516. The van der Waals surface area contributed by atoms with Crippen molar-refractivity contribution in [3.63, 3.8) is 0 Å². The highest BCUT2D eigenvalue weighted by Gasteiger charge is 2.36. The molecule has 0 saturated heterocycles. The summed E-state index contributed by atoms with van der Waals surface area (Å²) in [5, 5.41) is 0. The van der Waals surface area contributed by atoms with E-state index in [4.69, 9.17) is 0 Å². The van der Waals surface area contributed by atoms with Crippen molar-refractivity contribution in [2.45, 2.75) is 47.5 Å². The van der Waals surface area contributed by atoms with Crippen molar-refractivity contribution >= 4 is 5.78 Å². The van der Waals surface area contributed by atoms with Crippen LogP contribution in [0.2, 0.25) is 0 Å². The molecule has 1 aliphatic rings. The standard InChI is InChI=1S/C15H24O/c1-6-13(16)9-10-14-11(2)7-8-12(3)15(14,4)5/h7,9-10,12,14H,6,8H2,1-5H3/b10-9+. The van der Waals surface area contributed by atoms with Crippen LogP contribution in [0.5, 0.6) is 0 Å². The van der Waals surface area contributed by atoms with E-state index in [1.165, 1.54) is 5.57 Å². The Hall–Kier alpha value is -0.850. The molecule has 0 amide bonds. The van der Waals surface area contributed by atoms with Crippen molar-refractivity contribution in [1.82, 2.24) is 0 Å². The lowest BCUT2D eigenvalue weighted by molar-refractivity contribution is -0.114. The maximum atomic E-state index is 11.3. The lowest BCUT2D eigenvalue weighted by Crippen LogP contribution is -2.33. The molecular weight excluding hydrogens is 196 g/mol. The molecule has 1 heteroatoms. The highest BCUT2D eigenvalue weighted by atomic mass is 16.1. The zero-order valence-corrected chi connectivity index (χ0v) is 11.2. The molecule has 0 aromatic carbocycles. The van der Waals surface area contributed by atoms with Crippen molar-refractivity contribution in [3.8, 4) is 0 Å². The lowest BCUT2D eigenvalue weighted by atomic mass is 9.63. The molecule has 0 spiro atoms. The minimum Gasteiger partial charge on any atom is -0.295 e. The van der Waals surface area contributed by atoms with Crippen molar-refractivity contribution in [2.75, 3.05) is 0 Å². The molecule has 1 rings (SSSR count). The molecule has 0 aromatic rings. The minimum absolute atomic E-state index is 0.224. The third-order valence-corrected chi connectivity index (χ3v) is 4.18. The van der Waals surface area contributed by atoms with Gasteiger partial charge in [0, 0.05) is 12.3 Å². The first-order chi connectivity index (χ1) is 7.39. The number of ketones is 1. The van der Waals surface area contributed by atoms with E-state index in [1.807, 2.05) is 6.92 Å². The first kappa shape index (κ1) is 13.2. The van der Waals surface area contributed by atoms with Crippen molar-refractivity contribution in [3.05, 3.63) is 23.8 Å². The van der Waals surface area contributed by atoms with Gasteiger partial charge in [0.15, 0.2) is 5.78 Å². The van der Waals surface area contributed by atoms with Crippen molar-refractivity contribution in [2.24, 2.45) is 17.3 Å². The van der Waals surface area contributed by atoms with E-state index in [1.54, 1.807) is 6.08 Å². The van der Waals surface area contributed by atoms with E-state index < -0.39 is 0 Å². The van der Waals surface area contributed by atoms with Gasteiger partial charge in [0.05, 0.1) is 0 Å². The Kier molecular flexibility index (Phi) is 4.12. The van der Waals surface area contributed by atoms with E-state index in [-0.39, 0.29) is 11.2 Å². The molecule has 2 unspecified atom stereocenters. The first-order valence-corrected chi connectivity index (χ1v) is 6.27. The van der Waals surface area contributed by atoms with E-state index in [0.29, 0.717) is 18.3 Å². The van der Waals surface area contributed by atoms with Gasteiger partial charge in [0.2, 0.25) is 0 Å². The molecule has 1 aliphatic carbocycles. The summed E-state index contributed by atoms with van der Waals surface area (Å²) in [4.78, 5) is 11.3. The Morgan fingerprint density at radius 1 is 1.56 bits per heavy atom. The monoisotopic (exact) mass is 220 g/mol. The molecule has 0 N–H and O–H groups in total. The predicted octanol–water partition coefficient (Wildman–Crippen LogP) is 4.15. The summed E-state index contributed by atoms with van der Waals surface area (Å²) in [6, 6.07) is 0. The molecule has 0 saturated carbocycles. The summed E-state index contributed by atoms with van der Waals surface area (Å²) in [5.41, 5.74) is 1.66. The molecule has 0 bridgehead atoms. The highest BCUT2D eigenvalue weighted by molar-refractivity contribution is 5.89. The summed E-state index contributed by atoms with van der Waals surface area (Å²) in [6.07, 6.45) is 7.95. The summed E-state index contributed by atoms with van der Waals surface area (Å²) in [5.74, 6) is 1.30. The van der Waals surface area contributed by atoms with Gasteiger partial charge in [-0.25, -0.2) is 0 Å². The normalized spacial score (nSPS) is 29.2. The minimum atomic E-state index is 0.224. The number of rotatable bonds is 3. The third kappa shape index (κ3) is 2.63. The van der Waals surface area contributed by atoms with E-state index in [2.05, 4.69) is 39.8 Å². The van der Waals surface area contributed by atoms with Gasteiger partial charge < -0.3 is 0 Å². The van der Waals surface area contributed by atoms with E-state index >= 15 is 0 Å². The Morgan fingerprint density at radius 3 is 2.75 bits per heavy atom. The Bertz CT molecular complexity index is 320. The molecule has 0 fully saturated rings. The number of allylic oxidation sites excluding steroid dienone is 4. The molecular formula is C15H24O. The second kappa shape index (κ2) is 4.99. The smallest absolute Gasteiger partial charge is 0.155 e. The SMILES string of the molecule is CCC(=O)/C=C/C1C(C)=CCC(C)C1(C)C. The summed E-state index contributed by atoms with van der Waals surface area (Å²) < 4.78 is 0. The van der Waals surface area contributed by atoms with Gasteiger partial charge >= 0.3 is 0 Å². The van der Waals surface area contributed by atoms with Crippen molar-refractivity contribution in [1.29, 1.82) is 0 Å². The molecule has 0 radical (unpaired) electrons. The number of hydrogen-bond donors (Lipinski definition) is 0. The first-order valence-electron chi connectivity index (χ1n) is 6.27. The van der Waals surface area contributed by atoms with Gasteiger partial charge in [-0.05, 0) is 30.8 Å². The average Bonchev–Trinajstić information content (AvgIpc) is 2.23. The van der Waals surface area contributed by atoms with E-state index in [0.717, 1.165) is 6.42 Å². The van der Waals surface area contributed by atoms with Crippen LogP contribution in [-0.4, -0.2) is 5.78 Å². The van der Waals surface area contributed by atoms with Crippen LogP contribution in [0.4, 0.5) is 0 Å². The van der Waals surface area contributed by atoms with Gasteiger partial charge in [-0.1, -0.05) is 45.4 Å². The highest BCUT2D eigenvalue weighted by Crippen LogP contribution is 2.45. The lowest BCUT2D eigenvalue weighted by Gasteiger charge is -2.42. The maximum absolute atomic E-state index is 11.3. The predicted molar refractivity (Wildman–Crippen MR) is 69.2 cm³/mol. The van der Waals surface area contributed by atoms with Gasteiger partial charge in [-0.3, -0.25) is 4.79 Å². The van der Waals surface area contributed by atoms with Crippen LogP contribution >= 0.6 is 0 Å². The van der Waals surface area contributed by atoms with Crippen LogP contribution in [0.15, 0.2) is 23.8 Å². The van der Waals surface area contributed by atoms with Gasteiger partial charge in [-0.15, -0.1) is 0 Å². The molecule has 0 heterocycles. The average molecular weight is 220 g/mol. The van der Waals surface area contributed by atoms with Crippen LogP contribution in [0.25, 0.3) is 0 Å². The second-order valence-electron chi connectivity index (χ2n) is 5.56. The molecule has 0 aliphatic heterocycles. The van der Waals surface area contributed by atoms with Crippen molar-refractivity contribution < 1.29 is 4.79 Å². The van der Waals surface area contributed by atoms with Crippen LogP contribution in [0.1, 0.15) is 47.5 Å². The Morgan fingerprint density at radius 2 is 2.19 bits per heavy atom. The fourth-order valence-electron chi connectivity index (χ4n) is 2.41. The Balaban J connectivity index is 2.91. The molecule has 0 aromatic heterocycles. The maximum Gasteiger partial charge on any atom is 0.155 e. The third-order valence-electron chi connectivity index (χ3n) is 4.18. The fraction of sp³-hybridized carbons (Fsp3) is 0.667.